The number of rotatable bonds is 7. The minimum absolute atomic E-state index is 0.000932. The second-order valence-corrected chi connectivity index (χ2v) is 9.65. The van der Waals surface area contributed by atoms with Crippen LogP contribution in [0.1, 0.15) is 54.9 Å². The molecule has 1 saturated heterocycles. The van der Waals surface area contributed by atoms with Crippen LogP contribution in [-0.2, 0) is 29.6 Å². The summed E-state index contributed by atoms with van der Waals surface area (Å²) in [5.74, 6) is -1.66. The van der Waals surface area contributed by atoms with Crippen LogP contribution in [0.3, 0.4) is 0 Å². The number of hydrogen-bond donors (Lipinski definition) is 1. The molecule has 0 bridgehead atoms. The molecule has 4 rings (SSSR count). The number of carbonyl (C=O) groups excluding carboxylic acids is 3. The molecule has 2 aliphatic heterocycles. The van der Waals surface area contributed by atoms with Crippen LogP contribution in [0, 0.1) is 0 Å². The molecule has 10 nitrogen and oxygen atoms in total. The quantitative estimate of drug-likeness (QED) is 0.599. The third-order valence-corrected chi connectivity index (χ3v) is 6.57. The normalized spacial score (nSPS) is 18.1. The summed E-state index contributed by atoms with van der Waals surface area (Å²) in [6, 6.07) is 7.46. The summed E-state index contributed by atoms with van der Waals surface area (Å²) >= 11 is 0. The number of ketones is 1. The van der Waals surface area contributed by atoms with E-state index < -0.39 is 23.1 Å². The number of hydrogen-bond acceptors (Lipinski definition) is 7. The van der Waals surface area contributed by atoms with Crippen LogP contribution in [0.2, 0.25) is 0 Å². The Labute approximate surface area is 197 Å². The predicted molar refractivity (Wildman–Crippen MR) is 123 cm³/mol. The van der Waals surface area contributed by atoms with Gasteiger partial charge in [-0.2, -0.15) is 4.68 Å². The van der Waals surface area contributed by atoms with Gasteiger partial charge in [-0.25, -0.2) is 4.79 Å². The molecule has 1 atom stereocenters. The smallest absolute Gasteiger partial charge is 0.384 e. The van der Waals surface area contributed by atoms with E-state index >= 15 is 0 Å². The van der Waals surface area contributed by atoms with Gasteiger partial charge in [0.25, 0.3) is 5.89 Å². The highest BCUT2D eigenvalue weighted by molar-refractivity contribution is 5.98. The van der Waals surface area contributed by atoms with Gasteiger partial charge in [0.05, 0.1) is 6.54 Å². The highest BCUT2D eigenvalue weighted by Crippen LogP contribution is 2.22. The zero-order chi connectivity index (χ0) is 24.5. The molecule has 0 radical (unpaired) electrons. The van der Waals surface area contributed by atoms with Crippen LogP contribution in [0.15, 0.2) is 33.5 Å². The Morgan fingerprint density at radius 1 is 1.15 bits per heavy atom. The lowest BCUT2D eigenvalue weighted by molar-refractivity contribution is -0.134. The number of benzene rings is 1. The lowest BCUT2D eigenvalue weighted by atomic mass is 9.96. The van der Waals surface area contributed by atoms with Crippen LogP contribution in [0.4, 0.5) is 0 Å². The number of nitrogens with zero attached hydrogens (tertiary/aromatic N) is 4. The van der Waals surface area contributed by atoms with Crippen molar-refractivity contribution < 1.29 is 18.8 Å². The summed E-state index contributed by atoms with van der Waals surface area (Å²) in [5.41, 5.74) is 1.86. The SMILES string of the molecule is Cn1nc(C(=O)[C@@H]2CCCN2C(=O)CNC(C)(C)CC(=O)N2CCc3ccccc3C2)oc1=O. The number of amides is 2. The van der Waals surface area contributed by atoms with Gasteiger partial charge in [-0.05, 0) is 44.2 Å². The van der Waals surface area contributed by atoms with Crippen LogP contribution in [0.25, 0.3) is 0 Å². The van der Waals surface area contributed by atoms with Gasteiger partial charge >= 0.3 is 5.76 Å². The highest BCUT2D eigenvalue weighted by Gasteiger charge is 2.37. The van der Waals surface area contributed by atoms with E-state index in [2.05, 4.69) is 22.5 Å². The average Bonchev–Trinajstić information content (AvgIpc) is 3.43. The third kappa shape index (κ3) is 5.11. The molecule has 10 heteroatoms. The second-order valence-electron chi connectivity index (χ2n) is 9.65. The fourth-order valence-electron chi connectivity index (χ4n) is 4.60. The number of Topliss-reactive ketones (excluding diaryl/α,β-unsaturated/α-hetero) is 1. The van der Waals surface area contributed by atoms with Crippen LogP contribution in [-0.4, -0.2) is 68.4 Å². The fraction of sp³-hybridized carbons (Fsp3) is 0.542. The van der Waals surface area contributed by atoms with Crippen molar-refractivity contribution in [2.45, 2.75) is 57.7 Å². The van der Waals surface area contributed by atoms with Crippen molar-refractivity contribution in [1.82, 2.24) is 24.9 Å². The van der Waals surface area contributed by atoms with Crippen molar-refractivity contribution >= 4 is 17.6 Å². The predicted octanol–water partition coefficient (Wildman–Crippen LogP) is 0.890. The summed E-state index contributed by atoms with van der Waals surface area (Å²) < 4.78 is 5.86. The van der Waals surface area contributed by atoms with Crippen LogP contribution in [0.5, 0.6) is 0 Å². The largest absolute Gasteiger partial charge is 0.437 e. The van der Waals surface area contributed by atoms with Gasteiger partial charge in [0.15, 0.2) is 0 Å². The Balaban J connectivity index is 1.32. The van der Waals surface area contributed by atoms with Gasteiger partial charge in [-0.1, -0.05) is 24.3 Å². The monoisotopic (exact) mass is 469 g/mol. The zero-order valence-corrected chi connectivity index (χ0v) is 19.9. The van der Waals surface area contributed by atoms with E-state index in [-0.39, 0.29) is 30.7 Å². The number of fused-ring (bicyclic) bond motifs is 1. The van der Waals surface area contributed by atoms with Crippen molar-refractivity contribution in [1.29, 1.82) is 0 Å². The Hall–Kier alpha value is -3.27. The molecule has 182 valence electrons. The average molecular weight is 470 g/mol. The van der Waals surface area contributed by atoms with Crippen molar-refractivity contribution in [3.63, 3.8) is 0 Å². The summed E-state index contributed by atoms with van der Waals surface area (Å²) in [7, 11) is 1.40. The number of carbonyl (C=O) groups is 3. The number of nitrogens with one attached hydrogen (secondary N) is 1. The van der Waals surface area contributed by atoms with Gasteiger partial charge in [0.2, 0.25) is 17.6 Å². The molecule has 34 heavy (non-hydrogen) atoms. The number of aromatic nitrogens is 2. The first-order valence-electron chi connectivity index (χ1n) is 11.6. The van der Waals surface area contributed by atoms with Gasteiger partial charge in [-0.3, -0.25) is 14.4 Å². The number of aryl methyl sites for hydroxylation is 1. The van der Waals surface area contributed by atoms with Crippen molar-refractivity contribution in [2.24, 2.45) is 7.05 Å². The third-order valence-electron chi connectivity index (χ3n) is 6.57. The molecule has 0 saturated carbocycles. The van der Waals surface area contributed by atoms with Gasteiger partial charge in [0, 0.05) is 38.6 Å². The molecule has 2 aromatic rings. The topological polar surface area (TPSA) is 118 Å². The molecular weight excluding hydrogens is 438 g/mol. The second kappa shape index (κ2) is 9.54. The molecule has 0 unspecified atom stereocenters. The fourth-order valence-corrected chi connectivity index (χ4v) is 4.60. The first-order valence-corrected chi connectivity index (χ1v) is 11.6. The maximum atomic E-state index is 13.0. The van der Waals surface area contributed by atoms with E-state index in [0.29, 0.717) is 32.5 Å². The van der Waals surface area contributed by atoms with E-state index in [4.69, 9.17) is 4.42 Å². The molecule has 1 aromatic heterocycles. The van der Waals surface area contributed by atoms with E-state index in [1.54, 1.807) is 0 Å². The van der Waals surface area contributed by atoms with Crippen molar-refractivity contribution in [2.75, 3.05) is 19.6 Å². The first-order chi connectivity index (χ1) is 16.1. The van der Waals surface area contributed by atoms with Crippen LogP contribution >= 0.6 is 0 Å². The summed E-state index contributed by atoms with van der Waals surface area (Å²) in [6.07, 6.45) is 2.26. The molecule has 3 heterocycles. The van der Waals surface area contributed by atoms with Crippen LogP contribution < -0.4 is 11.1 Å². The Morgan fingerprint density at radius 2 is 1.88 bits per heavy atom. The van der Waals surface area contributed by atoms with E-state index in [9.17, 15) is 19.2 Å². The minimum Gasteiger partial charge on any atom is -0.384 e. The zero-order valence-electron chi connectivity index (χ0n) is 19.9. The number of likely N-dealkylation sites (tertiary alicyclic amines) is 1. The van der Waals surface area contributed by atoms with Gasteiger partial charge < -0.3 is 19.5 Å². The summed E-state index contributed by atoms with van der Waals surface area (Å²) in [6.45, 7) is 5.52. The molecule has 1 N–H and O–H groups in total. The van der Waals surface area contributed by atoms with Crippen molar-refractivity contribution in [3.05, 3.63) is 51.8 Å². The maximum Gasteiger partial charge on any atom is 0.437 e. The molecule has 0 aliphatic carbocycles. The Morgan fingerprint density at radius 3 is 2.59 bits per heavy atom. The van der Waals surface area contributed by atoms with Gasteiger partial charge in [0.1, 0.15) is 6.04 Å². The molecule has 0 spiro atoms. The highest BCUT2D eigenvalue weighted by atomic mass is 16.4. The summed E-state index contributed by atoms with van der Waals surface area (Å²) in [4.78, 5) is 53.5. The van der Waals surface area contributed by atoms with E-state index in [1.807, 2.05) is 30.9 Å². The Bertz CT molecular complexity index is 1150. The molecule has 2 aliphatic rings. The molecule has 1 fully saturated rings. The molecule has 2 amide bonds. The van der Waals surface area contributed by atoms with Gasteiger partial charge in [-0.15, -0.1) is 5.10 Å². The summed E-state index contributed by atoms with van der Waals surface area (Å²) in [5, 5.41) is 7.01. The molecule has 1 aromatic carbocycles. The lowest BCUT2D eigenvalue weighted by Crippen LogP contribution is -2.51. The standard InChI is InChI=1S/C24H31N5O5/c1-24(2,13-19(30)28-12-10-16-7-4-5-8-17(16)15-28)25-14-20(31)29-11-6-9-18(29)21(32)22-26-27(3)23(33)34-22/h4-5,7-8,18,25H,6,9-15H2,1-3H3/t18-/m0/s1. The van der Waals surface area contributed by atoms with E-state index in [1.165, 1.54) is 23.1 Å². The molecular formula is C24H31N5O5. The Kier molecular flexibility index (Phi) is 6.70. The van der Waals surface area contributed by atoms with Crippen molar-refractivity contribution in [3.8, 4) is 0 Å². The first kappa shape index (κ1) is 23.9. The van der Waals surface area contributed by atoms with E-state index in [0.717, 1.165) is 11.1 Å². The minimum atomic E-state index is -0.718. The lowest BCUT2D eigenvalue weighted by Gasteiger charge is -2.33. The maximum absolute atomic E-state index is 13.0.